The number of amides is 5. The smallest absolute Gasteiger partial charge is 0.408 e. The highest BCUT2D eigenvalue weighted by Gasteiger charge is 2.59. The zero-order valence-electron chi connectivity index (χ0n) is 28.3. The predicted molar refractivity (Wildman–Crippen MR) is 177 cm³/mol. The maximum atomic E-state index is 13.9. The summed E-state index contributed by atoms with van der Waals surface area (Å²) in [6.45, 7) is 9.65. The van der Waals surface area contributed by atoms with Gasteiger partial charge >= 0.3 is 12.1 Å². The van der Waals surface area contributed by atoms with Crippen LogP contribution >= 0.6 is 0 Å². The van der Waals surface area contributed by atoms with Crippen molar-refractivity contribution in [2.24, 2.45) is 12.5 Å². The van der Waals surface area contributed by atoms with Crippen molar-refractivity contribution < 1.29 is 23.9 Å². The molecule has 2 aliphatic carbocycles. The highest BCUT2D eigenvalue weighted by atomic mass is 16.6. The lowest BCUT2D eigenvalue weighted by molar-refractivity contribution is -0.143. The number of hydrogen-bond donors (Lipinski definition) is 2. The second kappa shape index (κ2) is 11.8. The number of nitrogens with one attached hydrogen (secondary N) is 2. The third-order valence-electron chi connectivity index (χ3n) is 11.5. The van der Waals surface area contributed by atoms with Gasteiger partial charge in [0.1, 0.15) is 5.60 Å². The third kappa shape index (κ3) is 6.09. The van der Waals surface area contributed by atoms with Gasteiger partial charge in [0, 0.05) is 50.1 Å². The molecule has 5 amide bonds. The quantitative estimate of drug-likeness (QED) is 0.492. The minimum Gasteiger partial charge on any atom is -0.444 e. The summed E-state index contributed by atoms with van der Waals surface area (Å²) in [5.41, 5.74) is 1.10. The van der Waals surface area contributed by atoms with Crippen LogP contribution in [-0.4, -0.2) is 93.4 Å². The molecule has 47 heavy (non-hydrogen) atoms. The summed E-state index contributed by atoms with van der Waals surface area (Å²) in [5, 5.41) is 11.1. The number of imide groups is 1. The maximum absolute atomic E-state index is 13.9. The molecule has 0 atom stereocenters. The van der Waals surface area contributed by atoms with Crippen molar-refractivity contribution in [1.82, 2.24) is 30.2 Å². The number of anilines is 1. The molecule has 0 spiro atoms. The number of fused-ring (bicyclic) bond motifs is 3. The van der Waals surface area contributed by atoms with E-state index in [1.807, 2.05) is 32.5 Å². The number of rotatable bonds is 5. The van der Waals surface area contributed by atoms with Crippen LogP contribution in [0.1, 0.15) is 96.5 Å². The van der Waals surface area contributed by atoms with E-state index in [0.29, 0.717) is 30.2 Å². The number of carbonyl (C=O) groups excluding carboxylic acids is 4. The molecule has 5 fully saturated rings. The molecule has 2 saturated carbocycles. The average Bonchev–Trinajstić information content (AvgIpc) is 3.70. The molecule has 7 rings (SSSR count). The molecule has 5 aliphatic rings. The molecule has 12 nitrogen and oxygen atoms in total. The lowest BCUT2D eigenvalue weighted by Gasteiger charge is -2.43. The molecular formula is C35H49N7O5. The first-order valence-electron chi connectivity index (χ1n) is 17.5. The summed E-state index contributed by atoms with van der Waals surface area (Å²) >= 11 is 0. The predicted octanol–water partition coefficient (Wildman–Crippen LogP) is 4.42. The molecule has 254 valence electrons. The van der Waals surface area contributed by atoms with Crippen molar-refractivity contribution in [2.75, 3.05) is 37.6 Å². The minimum atomic E-state index is -0.539. The van der Waals surface area contributed by atoms with Gasteiger partial charge in [-0.3, -0.25) is 24.5 Å². The second-order valence-corrected chi connectivity index (χ2v) is 15.7. The molecule has 2 N–H and O–H groups in total. The maximum Gasteiger partial charge on any atom is 0.408 e. The molecule has 12 heteroatoms. The van der Waals surface area contributed by atoms with Gasteiger partial charge in [-0.2, -0.15) is 5.10 Å². The van der Waals surface area contributed by atoms with Crippen molar-refractivity contribution >= 4 is 40.7 Å². The summed E-state index contributed by atoms with van der Waals surface area (Å²) in [4.78, 5) is 56.8. The first kappa shape index (κ1) is 31.9. The zero-order chi connectivity index (χ0) is 33.1. The van der Waals surface area contributed by atoms with Gasteiger partial charge in [0.2, 0.25) is 11.8 Å². The monoisotopic (exact) mass is 647 g/mol. The Morgan fingerprint density at radius 2 is 1.68 bits per heavy atom. The van der Waals surface area contributed by atoms with Crippen LogP contribution in [0, 0.1) is 5.41 Å². The minimum absolute atomic E-state index is 0.251. The van der Waals surface area contributed by atoms with Gasteiger partial charge in [-0.1, -0.05) is 6.07 Å². The van der Waals surface area contributed by atoms with Crippen molar-refractivity contribution in [1.29, 1.82) is 0 Å². The highest BCUT2D eigenvalue weighted by Crippen LogP contribution is 2.57. The van der Waals surface area contributed by atoms with Crippen LogP contribution < -0.4 is 15.5 Å². The molecular weight excluding hydrogens is 598 g/mol. The molecule has 3 saturated heterocycles. The molecule has 3 aliphatic heterocycles. The number of likely N-dealkylation sites (tertiary alicyclic amines) is 2. The number of carbonyl (C=O) groups is 4. The van der Waals surface area contributed by atoms with Crippen LogP contribution in [0.15, 0.2) is 18.2 Å². The van der Waals surface area contributed by atoms with E-state index >= 15 is 0 Å². The van der Waals surface area contributed by atoms with E-state index in [1.54, 1.807) is 4.90 Å². The molecule has 0 radical (unpaired) electrons. The van der Waals surface area contributed by atoms with Crippen molar-refractivity contribution in [3.8, 4) is 0 Å². The average molecular weight is 648 g/mol. The summed E-state index contributed by atoms with van der Waals surface area (Å²) in [5.74, 6) is 1.10. The third-order valence-corrected chi connectivity index (χ3v) is 11.5. The molecule has 1 aromatic carbocycles. The van der Waals surface area contributed by atoms with Crippen LogP contribution in [0.4, 0.5) is 15.4 Å². The second-order valence-electron chi connectivity index (χ2n) is 15.7. The van der Waals surface area contributed by atoms with Gasteiger partial charge < -0.3 is 19.9 Å². The number of benzene rings is 1. The van der Waals surface area contributed by atoms with Gasteiger partial charge in [0.15, 0.2) is 5.82 Å². The van der Waals surface area contributed by atoms with E-state index in [4.69, 9.17) is 4.74 Å². The first-order chi connectivity index (χ1) is 22.3. The number of hydrogen-bond acceptors (Lipinski definition) is 7. The lowest BCUT2D eigenvalue weighted by Crippen LogP contribution is -2.51. The van der Waals surface area contributed by atoms with E-state index in [1.165, 1.54) is 5.56 Å². The summed E-state index contributed by atoms with van der Waals surface area (Å²) in [6.07, 6.45) is 8.18. The van der Waals surface area contributed by atoms with Gasteiger partial charge in [-0.15, -0.1) is 0 Å². The highest BCUT2D eigenvalue weighted by molar-refractivity contribution is 6.08. The van der Waals surface area contributed by atoms with Gasteiger partial charge in [-0.05, 0) is 115 Å². The Kier molecular flexibility index (Phi) is 8.00. The number of nitrogens with zero attached hydrogens (tertiary/aromatic N) is 5. The number of ether oxygens (including phenoxy) is 1. The Morgan fingerprint density at radius 3 is 2.34 bits per heavy atom. The summed E-state index contributed by atoms with van der Waals surface area (Å²) in [6, 6.07) is 6.55. The Labute approximate surface area is 276 Å². The van der Waals surface area contributed by atoms with Crippen LogP contribution in [-0.2, 0) is 21.4 Å². The standard InChI is InChI=1S/C35H49N7O5/c1-33(2,3)47-32(46)37-35-14-12-34(22-35,13-15-35)30(44)41-18-9-25(10-19-41)40-16-7-23(8-17-40)24-5-6-26-27(21-24)39(4)38-29(26)42-20-11-28(43)36-31(42)45/h5-6,21,23,25H,7-20,22H2,1-4H3,(H,37,46)(H,36,43,45). The molecule has 2 aromatic rings. The topological polar surface area (TPSA) is 129 Å². The Morgan fingerprint density at radius 1 is 0.979 bits per heavy atom. The SMILES string of the molecule is Cn1nc(N2CCC(=O)NC2=O)c2ccc(C3CCN(C4CCN(C(=O)C56CCC(NC(=O)OC(C)(C)C)(CC5)C6)CC4)CC3)cc21. The number of alkyl carbamates (subject to hydrolysis) is 1. The summed E-state index contributed by atoms with van der Waals surface area (Å²) < 4.78 is 7.36. The normalized spacial score (nSPS) is 27.8. The van der Waals surface area contributed by atoms with Crippen molar-refractivity contribution in [3.05, 3.63) is 23.8 Å². The van der Waals surface area contributed by atoms with Crippen LogP contribution in [0.2, 0.25) is 0 Å². The number of aryl methyl sites for hydroxylation is 1. The zero-order valence-corrected chi connectivity index (χ0v) is 28.3. The Bertz CT molecular complexity index is 1570. The molecule has 1 aromatic heterocycles. The van der Waals surface area contributed by atoms with Crippen LogP contribution in [0.3, 0.4) is 0 Å². The van der Waals surface area contributed by atoms with Crippen LogP contribution in [0.25, 0.3) is 10.9 Å². The van der Waals surface area contributed by atoms with E-state index in [-0.39, 0.29) is 29.4 Å². The number of urea groups is 1. The van der Waals surface area contributed by atoms with Crippen molar-refractivity contribution in [2.45, 2.75) is 108 Å². The fraction of sp³-hybridized carbons (Fsp3) is 0.686. The van der Waals surface area contributed by atoms with E-state index in [0.717, 1.165) is 94.9 Å². The van der Waals surface area contributed by atoms with Gasteiger partial charge in [-0.25, -0.2) is 9.59 Å². The van der Waals surface area contributed by atoms with Gasteiger partial charge in [0.05, 0.1) is 10.9 Å². The largest absolute Gasteiger partial charge is 0.444 e. The number of aromatic nitrogens is 2. The molecule has 0 unspecified atom stereocenters. The van der Waals surface area contributed by atoms with Crippen molar-refractivity contribution in [3.63, 3.8) is 0 Å². The Hall–Kier alpha value is -3.67. The molecule has 2 bridgehead atoms. The lowest BCUT2D eigenvalue weighted by atomic mass is 9.82. The number of piperidine rings is 2. The fourth-order valence-corrected chi connectivity index (χ4v) is 9.03. The van der Waals surface area contributed by atoms with E-state index < -0.39 is 11.6 Å². The molecule has 4 heterocycles. The van der Waals surface area contributed by atoms with E-state index in [9.17, 15) is 19.2 Å². The van der Waals surface area contributed by atoms with Crippen LogP contribution in [0.5, 0.6) is 0 Å². The Balaban J connectivity index is 0.913. The first-order valence-corrected chi connectivity index (χ1v) is 17.5. The van der Waals surface area contributed by atoms with Gasteiger partial charge in [0.25, 0.3) is 0 Å². The summed E-state index contributed by atoms with van der Waals surface area (Å²) in [7, 11) is 1.90. The fourth-order valence-electron chi connectivity index (χ4n) is 9.03. The van der Waals surface area contributed by atoms with E-state index in [2.05, 4.69) is 43.7 Å².